The van der Waals surface area contributed by atoms with Crippen molar-refractivity contribution in [3.8, 4) is 55.6 Å². The van der Waals surface area contributed by atoms with E-state index in [0.29, 0.717) is 0 Å². The summed E-state index contributed by atoms with van der Waals surface area (Å²) in [5.41, 5.74) is 19.2. The molecule has 0 amide bonds. The van der Waals surface area contributed by atoms with E-state index in [4.69, 9.17) is 0 Å². The molecule has 0 bridgehead atoms. The molecule has 1 heteroatoms. The average molecular weight is 892 g/mol. The lowest BCUT2D eigenvalue weighted by atomic mass is 9.68. The summed E-state index contributed by atoms with van der Waals surface area (Å²) in [5.74, 6) is 0. The summed E-state index contributed by atoms with van der Waals surface area (Å²) in [4.78, 5) is 2.51. The number of rotatable bonds is 6. The number of anilines is 3. The van der Waals surface area contributed by atoms with Crippen molar-refractivity contribution in [1.29, 1.82) is 0 Å². The Morgan fingerprint density at radius 2 is 0.643 bits per heavy atom. The van der Waals surface area contributed by atoms with Gasteiger partial charge in [-0.3, -0.25) is 0 Å². The Morgan fingerprint density at radius 1 is 0.257 bits per heavy atom. The lowest BCUT2D eigenvalue weighted by Gasteiger charge is -2.44. The molecule has 2 aliphatic rings. The summed E-state index contributed by atoms with van der Waals surface area (Å²) in [6.45, 7) is 0. The smallest absolute Gasteiger partial charge is 0.0503 e. The average Bonchev–Trinajstić information content (AvgIpc) is 3.93. The third kappa shape index (κ3) is 6.24. The number of fused-ring (bicyclic) bond motifs is 8. The van der Waals surface area contributed by atoms with Gasteiger partial charge in [0.15, 0.2) is 0 Å². The molecule has 1 saturated carbocycles. The lowest BCUT2D eigenvalue weighted by molar-refractivity contribution is 0.530. The van der Waals surface area contributed by atoms with Gasteiger partial charge in [0.25, 0.3) is 0 Å². The Balaban J connectivity index is 0.949. The molecule has 330 valence electrons. The van der Waals surface area contributed by atoms with Crippen LogP contribution in [0, 0.1) is 0 Å². The molecule has 12 aromatic rings. The molecule has 70 heavy (non-hydrogen) atoms. The quantitative estimate of drug-likeness (QED) is 0.150. The molecule has 0 atom stereocenters. The van der Waals surface area contributed by atoms with Crippen LogP contribution in [0.1, 0.15) is 36.8 Å². The van der Waals surface area contributed by atoms with Crippen molar-refractivity contribution in [1.82, 2.24) is 0 Å². The molecule has 1 heterocycles. The van der Waals surface area contributed by atoms with Crippen molar-refractivity contribution in [2.75, 3.05) is 4.90 Å². The summed E-state index contributed by atoms with van der Waals surface area (Å²) in [6, 6.07) is 93.0. The van der Waals surface area contributed by atoms with E-state index in [1.165, 1.54) is 140 Å². The van der Waals surface area contributed by atoms with Crippen LogP contribution in [-0.2, 0) is 5.41 Å². The summed E-state index contributed by atoms with van der Waals surface area (Å²) < 4.78 is 0. The van der Waals surface area contributed by atoms with Gasteiger partial charge in [-0.15, -0.1) is 0 Å². The summed E-state index contributed by atoms with van der Waals surface area (Å²) >= 11 is 0. The highest BCUT2D eigenvalue weighted by Gasteiger charge is 2.45. The monoisotopic (exact) mass is 891 g/mol. The zero-order valence-corrected chi connectivity index (χ0v) is 38.9. The van der Waals surface area contributed by atoms with E-state index >= 15 is 0 Å². The van der Waals surface area contributed by atoms with Crippen molar-refractivity contribution in [2.45, 2.75) is 31.1 Å². The minimum Gasteiger partial charge on any atom is -0.310 e. The van der Waals surface area contributed by atoms with Crippen LogP contribution in [0.2, 0.25) is 0 Å². The molecule has 0 N–H and O–H groups in total. The third-order valence-corrected chi connectivity index (χ3v) is 15.8. The van der Waals surface area contributed by atoms with E-state index < -0.39 is 0 Å². The van der Waals surface area contributed by atoms with Crippen LogP contribution in [-0.4, -0.2) is 0 Å². The van der Waals surface area contributed by atoms with Crippen molar-refractivity contribution >= 4 is 60.2 Å². The molecule has 1 aliphatic carbocycles. The molecular weight excluding hydrogens is 843 g/mol. The molecule has 0 unspecified atom stereocenters. The van der Waals surface area contributed by atoms with Crippen LogP contribution in [0.4, 0.5) is 17.1 Å². The van der Waals surface area contributed by atoms with E-state index in [1.54, 1.807) is 0 Å². The highest BCUT2D eigenvalue weighted by atomic mass is 15.2. The Hall–Kier alpha value is -8.52. The molecule has 14 rings (SSSR count). The van der Waals surface area contributed by atoms with Crippen LogP contribution in [0.3, 0.4) is 0 Å². The molecule has 1 fully saturated rings. The number of hydrogen-bond donors (Lipinski definition) is 0. The predicted octanol–water partition coefficient (Wildman–Crippen LogP) is 19.3. The molecule has 1 aliphatic heterocycles. The van der Waals surface area contributed by atoms with Gasteiger partial charge in [-0.2, -0.15) is 0 Å². The maximum absolute atomic E-state index is 2.58. The van der Waals surface area contributed by atoms with Crippen LogP contribution >= 0.6 is 0 Å². The van der Waals surface area contributed by atoms with Gasteiger partial charge in [0.2, 0.25) is 0 Å². The zero-order chi connectivity index (χ0) is 46.2. The largest absolute Gasteiger partial charge is 0.310 e. The fraction of sp³-hybridized carbons (Fsp3) is 0.0725. The third-order valence-electron chi connectivity index (χ3n) is 15.8. The van der Waals surface area contributed by atoms with Gasteiger partial charge in [0, 0.05) is 11.1 Å². The van der Waals surface area contributed by atoms with E-state index in [1.807, 2.05) is 0 Å². The molecule has 1 spiro atoms. The van der Waals surface area contributed by atoms with Crippen LogP contribution in [0.15, 0.2) is 249 Å². The Bertz CT molecular complexity index is 3920. The first-order valence-corrected chi connectivity index (χ1v) is 25.0. The Labute approximate surface area is 409 Å². The maximum Gasteiger partial charge on any atom is 0.0503 e. The second-order valence-electron chi connectivity index (χ2n) is 19.4. The lowest BCUT2D eigenvalue weighted by Crippen LogP contribution is -2.33. The van der Waals surface area contributed by atoms with E-state index in [0.717, 1.165) is 12.8 Å². The first-order valence-electron chi connectivity index (χ1n) is 25.0. The van der Waals surface area contributed by atoms with Gasteiger partial charge in [-0.05, 0) is 159 Å². The second-order valence-corrected chi connectivity index (χ2v) is 19.4. The fourth-order valence-electron chi connectivity index (χ4n) is 12.8. The van der Waals surface area contributed by atoms with E-state index in [9.17, 15) is 0 Å². The molecule has 0 radical (unpaired) electrons. The van der Waals surface area contributed by atoms with Gasteiger partial charge in [0.05, 0.1) is 11.4 Å². The molecular formula is C69H49N. The van der Waals surface area contributed by atoms with Crippen LogP contribution in [0.5, 0.6) is 0 Å². The minimum absolute atomic E-state index is 0.0246. The second kappa shape index (κ2) is 16.3. The van der Waals surface area contributed by atoms with Gasteiger partial charge in [-0.1, -0.05) is 225 Å². The number of hydrogen-bond acceptors (Lipinski definition) is 1. The molecule has 0 aromatic heterocycles. The van der Waals surface area contributed by atoms with Crippen molar-refractivity contribution in [3.05, 3.63) is 260 Å². The first kappa shape index (κ1) is 40.5. The van der Waals surface area contributed by atoms with Crippen LogP contribution < -0.4 is 4.90 Å². The summed E-state index contributed by atoms with van der Waals surface area (Å²) in [7, 11) is 0. The van der Waals surface area contributed by atoms with Crippen LogP contribution in [0.25, 0.3) is 98.7 Å². The molecule has 1 nitrogen and oxygen atoms in total. The number of nitrogens with zero attached hydrogens (tertiary/aromatic N) is 1. The van der Waals surface area contributed by atoms with Gasteiger partial charge >= 0.3 is 0 Å². The number of para-hydroxylation sites is 2. The Morgan fingerprint density at radius 3 is 1.20 bits per heavy atom. The zero-order valence-electron chi connectivity index (χ0n) is 38.9. The topological polar surface area (TPSA) is 3.24 Å². The molecule has 0 saturated heterocycles. The Kier molecular flexibility index (Phi) is 9.46. The van der Waals surface area contributed by atoms with Crippen molar-refractivity contribution < 1.29 is 0 Å². The summed E-state index contributed by atoms with van der Waals surface area (Å²) in [5, 5.41) is 10.1. The summed E-state index contributed by atoms with van der Waals surface area (Å²) in [6.07, 6.45) is 4.81. The highest BCUT2D eigenvalue weighted by Crippen LogP contribution is 2.59. The van der Waals surface area contributed by atoms with Crippen molar-refractivity contribution in [3.63, 3.8) is 0 Å². The fourth-order valence-corrected chi connectivity index (χ4v) is 12.8. The first-order chi connectivity index (χ1) is 34.7. The van der Waals surface area contributed by atoms with Gasteiger partial charge in [-0.25, -0.2) is 0 Å². The van der Waals surface area contributed by atoms with Gasteiger partial charge < -0.3 is 4.90 Å². The number of benzene rings is 12. The van der Waals surface area contributed by atoms with E-state index in [2.05, 4.69) is 254 Å². The normalized spacial score (nSPS) is 13.9. The maximum atomic E-state index is 2.58. The highest BCUT2D eigenvalue weighted by molar-refractivity contribution is 6.23. The van der Waals surface area contributed by atoms with Crippen molar-refractivity contribution in [2.24, 2.45) is 0 Å². The van der Waals surface area contributed by atoms with E-state index in [-0.39, 0.29) is 5.41 Å². The van der Waals surface area contributed by atoms with Gasteiger partial charge in [0.1, 0.15) is 0 Å². The predicted molar refractivity (Wildman–Crippen MR) is 298 cm³/mol. The standard InChI is InChI=1S/C69H49N/c1-4-20-46(21-5-1)50-38-40-59-60(44-50)67(47-22-6-2-7-23-47)56-29-13-10-26-53(56)66(59)49-36-34-48(35-37-49)65-54-27-11-14-30-57(54)68(58-31-15-12-28-55(58)65)51-39-41-64-62(45-51)69(42-18-19-43-69)61-32-16-17-33-63(61)70(64)52-24-8-3-9-25-52/h1-17,20-41,44-45H,18-19,42-43H2. The minimum atomic E-state index is -0.0246. The SMILES string of the molecule is c1ccc(-c2ccc3c(-c4ccc(-c5c6ccccc6c(-c6ccc7c(c6)C6(CCCC6)c6ccccc6N7c6ccccc6)c6ccccc56)cc4)c4ccccc4c(-c4ccccc4)c3c2)cc1. The molecule has 12 aromatic carbocycles.